The first-order valence-electron chi connectivity index (χ1n) is 10.3. The molecule has 0 spiro atoms. The van der Waals surface area contributed by atoms with Crippen LogP contribution >= 0.6 is 0 Å². The van der Waals surface area contributed by atoms with E-state index in [-0.39, 0.29) is 33.7 Å². The van der Waals surface area contributed by atoms with Crippen LogP contribution in [0.25, 0.3) is 6.08 Å². The summed E-state index contributed by atoms with van der Waals surface area (Å²) in [5.74, 6) is -1.04. The molecule has 1 amide bonds. The number of halogens is 1. The largest absolute Gasteiger partial charge is 0.450 e. The van der Waals surface area contributed by atoms with E-state index in [1.54, 1.807) is 18.2 Å². The van der Waals surface area contributed by atoms with Crippen LogP contribution in [0.2, 0.25) is 0 Å². The van der Waals surface area contributed by atoms with Crippen molar-refractivity contribution in [1.29, 1.82) is 5.26 Å². The molecule has 3 rings (SSSR count). The van der Waals surface area contributed by atoms with Crippen molar-refractivity contribution in [2.75, 3.05) is 5.32 Å². The van der Waals surface area contributed by atoms with E-state index in [0.29, 0.717) is 5.75 Å². The Kier molecular flexibility index (Phi) is 7.07. The topological polar surface area (TPSA) is 105 Å². The summed E-state index contributed by atoms with van der Waals surface area (Å²) in [4.78, 5) is 23.4. The lowest BCUT2D eigenvalue weighted by Gasteiger charge is -2.19. The lowest BCUT2D eigenvalue weighted by molar-refractivity contribution is -0.385. The van der Waals surface area contributed by atoms with Crippen LogP contribution in [0.1, 0.15) is 31.9 Å². The lowest BCUT2D eigenvalue weighted by atomic mass is 9.87. The Morgan fingerprint density at radius 1 is 1.12 bits per heavy atom. The van der Waals surface area contributed by atoms with E-state index in [1.807, 2.05) is 12.1 Å². The maximum atomic E-state index is 13.8. The van der Waals surface area contributed by atoms with Crippen molar-refractivity contribution in [2.45, 2.75) is 26.2 Å². The van der Waals surface area contributed by atoms with Crippen LogP contribution in [0, 0.1) is 27.3 Å². The summed E-state index contributed by atoms with van der Waals surface area (Å²) in [6, 6.07) is 18.6. The van der Waals surface area contributed by atoms with E-state index in [9.17, 15) is 24.6 Å². The van der Waals surface area contributed by atoms with Crippen LogP contribution in [0.4, 0.5) is 15.8 Å². The number of nitrogens with one attached hydrogen (secondary N) is 1. The van der Waals surface area contributed by atoms with E-state index in [1.165, 1.54) is 48.5 Å². The Hall–Kier alpha value is -4.51. The maximum Gasteiger partial charge on any atom is 0.312 e. The molecule has 0 bridgehead atoms. The smallest absolute Gasteiger partial charge is 0.312 e. The average molecular weight is 459 g/mol. The zero-order valence-corrected chi connectivity index (χ0v) is 18.8. The number of nitro groups is 1. The fraction of sp³-hybridized carbons (Fsp3) is 0.154. The number of amides is 1. The predicted molar refractivity (Wildman–Crippen MR) is 127 cm³/mol. The van der Waals surface area contributed by atoms with E-state index in [2.05, 4.69) is 26.1 Å². The molecule has 0 radical (unpaired) electrons. The van der Waals surface area contributed by atoms with Gasteiger partial charge in [-0.2, -0.15) is 5.26 Å². The molecule has 8 heteroatoms. The zero-order valence-electron chi connectivity index (χ0n) is 18.8. The number of ether oxygens (including phenoxy) is 1. The third kappa shape index (κ3) is 5.84. The number of anilines is 1. The summed E-state index contributed by atoms with van der Waals surface area (Å²) in [6.45, 7) is 6.23. The Morgan fingerprint density at radius 3 is 2.38 bits per heavy atom. The quantitative estimate of drug-likeness (QED) is 0.200. The molecule has 0 heterocycles. The number of carbonyl (C=O) groups is 1. The molecule has 0 atom stereocenters. The highest BCUT2D eigenvalue weighted by molar-refractivity contribution is 6.09. The van der Waals surface area contributed by atoms with Gasteiger partial charge >= 0.3 is 5.69 Å². The molecule has 3 aromatic carbocycles. The Morgan fingerprint density at radius 2 is 1.79 bits per heavy atom. The molecule has 0 aliphatic heterocycles. The SMILES string of the molecule is CC(C)(C)c1ccc(Oc2ccc(C=C(C#N)C(=O)Nc3ccccc3F)cc2[N+](=O)[O-])cc1. The first-order chi connectivity index (χ1) is 16.1. The molecule has 0 aliphatic carbocycles. The van der Waals surface area contributed by atoms with Gasteiger partial charge in [-0.25, -0.2) is 4.39 Å². The number of hydrogen-bond acceptors (Lipinski definition) is 5. The number of nitrogens with zero attached hydrogens (tertiary/aromatic N) is 2. The molecule has 0 saturated heterocycles. The number of nitro benzene ring substituents is 1. The molecule has 3 aromatic rings. The molecule has 7 nitrogen and oxygen atoms in total. The first-order valence-corrected chi connectivity index (χ1v) is 10.3. The number of benzene rings is 3. The van der Waals surface area contributed by atoms with Crippen LogP contribution in [0.5, 0.6) is 11.5 Å². The molecule has 34 heavy (non-hydrogen) atoms. The Labute approximate surface area is 196 Å². The minimum absolute atomic E-state index is 0.0139. The zero-order chi connectivity index (χ0) is 24.9. The highest BCUT2D eigenvalue weighted by Crippen LogP contribution is 2.34. The summed E-state index contributed by atoms with van der Waals surface area (Å²) in [5.41, 5.74) is 0.524. The van der Waals surface area contributed by atoms with Crippen molar-refractivity contribution in [1.82, 2.24) is 0 Å². The van der Waals surface area contributed by atoms with Crippen molar-refractivity contribution in [2.24, 2.45) is 0 Å². The van der Waals surface area contributed by atoms with E-state index >= 15 is 0 Å². The monoisotopic (exact) mass is 459 g/mol. The average Bonchev–Trinajstić information content (AvgIpc) is 2.79. The van der Waals surface area contributed by atoms with Gasteiger partial charge in [0.15, 0.2) is 0 Å². The fourth-order valence-corrected chi connectivity index (χ4v) is 3.07. The first kappa shape index (κ1) is 24.1. The number of rotatable bonds is 6. The predicted octanol–water partition coefficient (Wildman–Crippen LogP) is 6.37. The van der Waals surface area contributed by atoms with Crippen LogP contribution in [-0.4, -0.2) is 10.8 Å². The summed E-state index contributed by atoms with van der Waals surface area (Å²) < 4.78 is 19.5. The number of hydrogen-bond donors (Lipinski definition) is 1. The third-order valence-electron chi connectivity index (χ3n) is 4.93. The van der Waals surface area contributed by atoms with E-state index in [0.717, 1.165) is 5.56 Å². The highest BCUT2D eigenvalue weighted by Gasteiger charge is 2.19. The van der Waals surface area contributed by atoms with Gasteiger partial charge in [0.25, 0.3) is 5.91 Å². The Bertz CT molecular complexity index is 1300. The van der Waals surface area contributed by atoms with Crippen molar-refractivity contribution in [3.63, 3.8) is 0 Å². The highest BCUT2D eigenvalue weighted by atomic mass is 19.1. The van der Waals surface area contributed by atoms with Gasteiger partial charge in [0.05, 0.1) is 10.6 Å². The minimum Gasteiger partial charge on any atom is -0.450 e. The fourth-order valence-electron chi connectivity index (χ4n) is 3.07. The van der Waals surface area contributed by atoms with Gasteiger partial charge in [0.2, 0.25) is 5.75 Å². The molecule has 0 aliphatic rings. The van der Waals surface area contributed by atoms with Crippen LogP contribution < -0.4 is 10.1 Å². The molecular weight excluding hydrogens is 437 g/mol. The molecule has 172 valence electrons. The second-order valence-electron chi connectivity index (χ2n) is 8.46. The van der Waals surface area contributed by atoms with E-state index < -0.39 is 16.6 Å². The van der Waals surface area contributed by atoms with E-state index in [4.69, 9.17) is 4.74 Å². The molecule has 0 aromatic heterocycles. The van der Waals surface area contributed by atoms with Crippen LogP contribution in [-0.2, 0) is 10.2 Å². The van der Waals surface area contributed by atoms with Crippen molar-refractivity contribution < 1.29 is 18.8 Å². The molecule has 1 N–H and O–H groups in total. The Balaban J connectivity index is 1.86. The minimum atomic E-state index is -0.838. The van der Waals surface area contributed by atoms with Gasteiger partial charge in [-0.15, -0.1) is 0 Å². The van der Waals surface area contributed by atoms with Gasteiger partial charge in [0.1, 0.15) is 23.2 Å². The van der Waals surface area contributed by atoms with Gasteiger partial charge < -0.3 is 10.1 Å². The summed E-state index contributed by atoms with van der Waals surface area (Å²) in [7, 11) is 0. The van der Waals surface area contributed by atoms with Crippen molar-refractivity contribution >= 4 is 23.4 Å². The number of para-hydroxylation sites is 1. The van der Waals surface area contributed by atoms with Gasteiger partial charge in [-0.3, -0.25) is 14.9 Å². The van der Waals surface area contributed by atoms with Gasteiger partial charge in [-0.1, -0.05) is 51.1 Å². The van der Waals surface area contributed by atoms with Crippen molar-refractivity contribution in [3.05, 3.63) is 99.4 Å². The van der Waals surface area contributed by atoms with Crippen LogP contribution in [0.15, 0.2) is 72.3 Å². The second-order valence-corrected chi connectivity index (χ2v) is 8.46. The summed E-state index contributed by atoms with van der Waals surface area (Å²) in [5, 5.41) is 23.3. The van der Waals surface area contributed by atoms with Crippen LogP contribution in [0.3, 0.4) is 0 Å². The van der Waals surface area contributed by atoms with Crippen molar-refractivity contribution in [3.8, 4) is 17.6 Å². The molecular formula is C26H22FN3O4. The molecule has 0 saturated carbocycles. The maximum absolute atomic E-state index is 13.8. The number of nitriles is 1. The summed E-state index contributed by atoms with van der Waals surface area (Å²) in [6.07, 6.45) is 1.19. The standard InChI is InChI=1S/C26H22FN3O4/c1-26(2,3)19-9-11-20(12-10-19)34-24-13-8-17(15-23(24)30(32)33)14-18(16-28)25(31)29-22-7-5-4-6-21(22)27/h4-15H,1-3H3,(H,29,31). The van der Waals surface area contributed by atoms with Gasteiger partial charge in [-0.05, 0) is 52.9 Å². The second kappa shape index (κ2) is 9.96. The lowest BCUT2D eigenvalue weighted by Crippen LogP contribution is -2.14. The summed E-state index contributed by atoms with van der Waals surface area (Å²) >= 11 is 0. The van der Waals surface area contributed by atoms with Gasteiger partial charge in [0, 0.05) is 6.07 Å². The normalized spacial score (nSPS) is 11.4. The number of carbonyl (C=O) groups excluding carboxylic acids is 1. The molecule has 0 unspecified atom stereocenters. The molecule has 0 fully saturated rings. The third-order valence-corrected chi connectivity index (χ3v) is 4.93.